The first-order chi connectivity index (χ1) is 15.1. The van der Waals surface area contributed by atoms with E-state index in [0.717, 1.165) is 44.2 Å². The molecule has 1 amide bonds. The number of morpholine rings is 1. The molecule has 1 heterocycles. The van der Waals surface area contributed by atoms with E-state index < -0.39 is 0 Å². The molecule has 0 bridgehead atoms. The maximum atomic E-state index is 12.6. The molecule has 0 radical (unpaired) electrons. The lowest BCUT2D eigenvalue weighted by atomic mass is 10.1. The summed E-state index contributed by atoms with van der Waals surface area (Å²) in [6.45, 7) is 5.39. The number of hydrogen-bond acceptors (Lipinski definition) is 7. The van der Waals surface area contributed by atoms with E-state index >= 15 is 0 Å². The SMILES string of the molecule is COc1cc(C(=O)NCc2ccc(OCCN3CCOCC3)cc2)cc(OC)c1OC. The number of nitrogens with one attached hydrogen (secondary N) is 1. The predicted octanol–water partition coefficient (Wildman–Crippen LogP) is 2.35. The van der Waals surface area contributed by atoms with Gasteiger partial charge in [0.25, 0.3) is 5.91 Å². The average Bonchev–Trinajstić information content (AvgIpc) is 2.83. The first-order valence-corrected chi connectivity index (χ1v) is 10.2. The number of hydrogen-bond donors (Lipinski definition) is 1. The van der Waals surface area contributed by atoms with Crippen molar-refractivity contribution < 1.29 is 28.5 Å². The van der Waals surface area contributed by atoms with Crippen LogP contribution in [0.5, 0.6) is 23.0 Å². The van der Waals surface area contributed by atoms with Gasteiger partial charge in [0.15, 0.2) is 11.5 Å². The van der Waals surface area contributed by atoms with Crippen LogP contribution < -0.4 is 24.3 Å². The van der Waals surface area contributed by atoms with Gasteiger partial charge in [-0.15, -0.1) is 0 Å². The second kappa shape index (κ2) is 11.4. The van der Waals surface area contributed by atoms with Crippen LogP contribution in [0.15, 0.2) is 36.4 Å². The van der Waals surface area contributed by atoms with Crippen molar-refractivity contribution in [3.63, 3.8) is 0 Å². The fourth-order valence-corrected chi connectivity index (χ4v) is 3.32. The molecule has 1 N–H and O–H groups in total. The highest BCUT2D eigenvalue weighted by atomic mass is 16.5. The van der Waals surface area contributed by atoms with Gasteiger partial charge in [-0.1, -0.05) is 12.1 Å². The summed E-state index contributed by atoms with van der Waals surface area (Å²) in [4.78, 5) is 14.9. The van der Waals surface area contributed by atoms with Gasteiger partial charge in [-0.2, -0.15) is 0 Å². The monoisotopic (exact) mass is 430 g/mol. The third-order valence-corrected chi connectivity index (χ3v) is 5.08. The Morgan fingerprint density at radius 1 is 1.00 bits per heavy atom. The van der Waals surface area contributed by atoms with E-state index in [1.165, 1.54) is 21.3 Å². The van der Waals surface area contributed by atoms with E-state index in [1.807, 2.05) is 24.3 Å². The van der Waals surface area contributed by atoms with E-state index in [4.69, 9.17) is 23.7 Å². The molecule has 0 spiro atoms. The number of amides is 1. The fourth-order valence-electron chi connectivity index (χ4n) is 3.32. The molecular formula is C23H30N2O6. The summed E-state index contributed by atoms with van der Waals surface area (Å²) in [6.07, 6.45) is 0. The van der Waals surface area contributed by atoms with E-state index in [9.17, 15) is 4.79 Å². The standard InChI is InChI=1S/C23H30N2O6/c1-27-20-14-18(15-21(28-2)22(20)29-3)23(26)24-16-17-4-6-19(7-5-17)31-13-10-25-8-11-30-12-9-25/h4-7,14-15H,8-13,16H2,1-3H3,(H,24,26). The van der Waals surface area contributed by atoms with Crippen LogP contribution in [-0.4, -0.2) is 71.6 Å². The van der Waals surface area contributed by atoms with Crippen LogP contribution in [0, 0.1) is 0 Å². The highest BCUT2D eigenvalue weighted by Crippen LogP contribution is 2.38. The van der Waals surface area contributed by atoms with Crippen molar-refractivity contribution in [2.75, 3.05) is 60.8 Å². The second-order valence-corrected chi connectivity index (χ2v) is 7.04. The molecule has 2 aromatic rings. The molecule has 3 rings (SSSR count). The van der Waals surface area contributed by atoms with Gasteiger partial charge in [-0.05, 0) is 29.8 Å². The van der Waals surface area contributed by atoms with Gasteiger partial charge >= 0.3 is 0 Å². The Kier molecular flexibility index (Phi) is 8.37. The quantitative estimate of drug-likeness (QED) is 0.620. The van der Waals surface area contributed by atoms with Crippen LogP contribution in [0.25, 0.3) is 0 Å². The number of rotatable bonds is 10. The van der Waals surface area contributed by atoms with Gasteiger partial charge in [0.05, 0.1) is 34.5 Å². The summed E-state index contributed by atoms with van der Waals surface area (Å²) in [5, 5.41) is 2.91. The Bertz CT molecular complexity index is 825. The minimum absolute atomic E-state index is 0.231. The summed E-state index contributed by atoms with van der Waals surface area (Å²) >= 11 is 0. The van der Waals surface area contributed by atoms with Crippen molar-refractivity contribution in [3.8, 4) is 23.0 Å². The Balaban J connectivity index is 1.51. The van der Waals surface area contributed by atoms with E-state index in [0.29, 0.717) is 36.0 Å². The summed E-state index contributed by atoms with van der Waals surface area (Å²) in [7, 11) is 4.56. The van der Waals surface area contributed by atoms with Crippen molar-refractivity contribution in [2.45, 2.75) is 6.54 Å². The third-order valence-electron chi connectivity index (χ3n) is 5.08. The molecule has 0 atom stereocenters. The number of carbonyl (C=O) groups is 1. The number of carbonyl (C=O) groups excluding carboxylic acids is 1. The Labute approximate surface area is 183 Å². The fraction of sp³-hybridized carbons (Fsp3) is 0.435. The van der Waals surface area contributed by atoms with Crippen LogP contribution in [-0.2, 0) is 11.3 Å². The van der Waals surface area contributed by atoms with Crippen molar-refractivity contribution >= 4 is 5.91 Å². The van der Waals surface area contributed by atoms with Gasteiger partial charge < -0.3 is 29.0 Å². The van der Waals surface area contributed by atoms with Gasteiger partial charge in [0.2, 0.25) is 5.75 Å². The van der Waals surface area contributed by atoms with Crippen molar-refractivity contribution in [1.82, 2.24) is 10.2 Å². The minimum atomic E-state index is -0.231. The zero-order valence-electron chi connectivity index (χ0n) is 18.3. The molecule has 1 saturated heterocycles. The van der Waals surface area contributed by atoms with E-state index in [2.05, 4.69) is 10.2 Å². The Hall–Kier alpha value is -2.97. The van der Waals surface area contributed by atoms with Crippen LogP contribution in [0.2, 0.25) is 0 Å². The molecule has 1 aliphatic heterocycles. The van der Waals surface area contributed by atoms with Crippen LogP contribution in [0.3, 0.4) is 0 Å². The lowest BCUT2D eigenvalue weighted by Crippen LogP contribution is -2.38. The van der Waals surface area contributed by atoms with E-state index in [1.54, 1.807) is 12.1 Å². The molecule has 8 nitrogen and oxygen atoms in total. The van der Waals surface area contributed by atoms with Gasteiger partial charge in [0, 0.05) is 31.7 Å². The first kappa shape index (κ1) is 22.7. The molecule has 31 heavy (non-hydrogen) atoms. The zero-order chi connectivity index (χ0) is 22.1. The van der Waals surface area contributed by atoms with Crippen molar-refractivity contribution in [1.29, 1.82) is 0 Å². The van der Waals surface area contributed by atoms with E-state index in [-0.39, 0.29) is 5.91 Å². The second-order valence-electron chi connectivity index (χ2n) is 7.04. The Morgan fingerprint density at radius 3 is 2.23 bits per heavy atom. The van der Waals surface area contributed by atoms with Gasteiger partial charge in [-0.25, -0.2) is 0 Å². The minimum Gasteiger partial charge on any atom is -0.493 e. The first-order valence-electron chi connectivity index (χ1n) is 10.2. The normalized spacial score (nSPS) is 14.0. The van der Waals surface area contributed by atoms with Crippen LogP contribution in [0.1, 0.15) is 15.9 Å². The summed E-state index contributed by atoms with van der Waals surface area (Å²) < 4.78 is 27.1. The maximum Gasteiger partial charge on any atom is 0.251 e. The summed E-state index contributed by atoms with van der Waals surface area (Å²) in [5.74, 6) is 1.90. The smallest absolute Gasteiger partial charge is 0.251 e. The third kappa shape index (κ3) is 6.26. The molecule has 0 aromatic heterocycles. The van der Waals surface area contributed by atoms with Crippen LogP contribution >= 0.6 is 0 Å². The maximum absolute atomic E-state index is 12.6. The molecule has 0 unspecified atom stereocenters. The predicted molar refractivity (Wildman–Crippen MR) is 116 cm³/mol. The molecule has 0 saturated carbocycles. The molecule has 1 aliphatic rings. The lowest BCUT2D eigenvalue weighted by Gasteiger charge is -2.26. The van der Waals surface area contributed by atoms with Crippen molar-refractivity contribution in [3.05, 3.63) is 47.5 Å². The lowest BCUT2D eigenvalue weighted by molar-refractivity contribution is 0.0322. The molecule has 1 fully saturated rings. The average molecular weight is 431 g/mol. The van der Waals surface area contributed by atoms with Crippen LogP contribution in [0.4, 0.5) is 0 Å². The topological polar surface area (TPSA) is 78.5 Å². The number of ether oxygens (including phenoxy) is 5. The Morgan fingerprint density at radius 2 is 1.65 bits per heavy atom. The summed E-state index contributed by atoms with van der Waals surface area (Å²) in [5.41, 5.74) is 1.40. The largest absolute Gasteiger partial charge is 0.493 e. The molecule has 8 heteroatoms. The summed E-state index contributed by atoms with van der Waals surface area (Å²) in [6, 6.07) is 11.0. The molecular weight excluding hydrogens is 400 g/mol. The highest BCUT2D eigenvalue weighted by molar-refractivity contribution is 5.95. The van der Waals surface area contributed by atoms with Gasteiger partial charge in [-0.3, -0.25) is 9.69 Å². The van der Waals surface area contributed by atoms with Gasteiger partial charge in [0.1, 0.15) is 12.4 Å². The highest BCUT2D eigenvalue weighted by Gasteiger charge is 2.17. The number of methoxy groups -OCH3 is 3. The number of nitrogens with zero attached hydrogens (tertiary/aromatic N) is 1. The molecule has 168 valence electrons. The zero-order valence-corrected chi connectivity index (χ0v) is 18.3. The number of benzene rings is 2. The van der Waals surface area contributed by atoms with Crippen molar-refractivity contribution in [2.24, 2.45) is 0 Å². The molecule has 0 aliphatic carbocycles. The molecule has 2 aromatic carbocycles.